The lowest BCUT2D eigenvalue weighted by atomic mass is 9.59. The Balaban J connectivity index is 1.64. The molecular formula is C25H37N3O. The Morgan fingerprint density at radius 2 is 1.97 bits per heavy atom. The smallest absolute Gasteiger partial charge is 0.248 e. The van der Waals surface area contributed by atoms with Gasteiger partial charge in [-0.05, 0) is 42.6 Å². The lowest BCUT2D eigenvalue weighted by Crippen LogP contribution is -2.64. The van der Waals surface area contributed by atoms with Crippen LogP contribution in [-0.4, -0.2) is 48.2 Å². The van der Waals surface area contributed by atoms with Crippen LogP contribution in [0.2, 0.25) is 0 Å². The zero-order chi connectivity index (χ0) is 20.6. The second-order valence-corrected chi connectivity index (χ2v) is 10.3. The van der Waals surface area contributed by atoms with Crippen LogP contribution < -0.4 is 5.32 Å². The summed E-state index contributed by atoms with van der Waals surface area (Å²) < 4.78 is 0. The molecule has 1 aliphatic carbocycles. The Bertz CT molecular complexity index is 744. The van der Waals surface area contributed by atoms with Crippen molar-refractivity contribution in [2.45, 2.75) is 58.5 Å². The minimum absolute atomic E-state index is 0.162. The first kappa shape index (κ1) is 20.6. The van der Waals surface area contributed by atoms with Crippen LogP contribution in [0.15, 0.2) is 35.3 Å². The first-order valence-electron chi connectivity index (χ1n) is 11.5. The van der Waals surface area contributed by atoms with E-state index in [2.05, 4.69) is 74.5 Å². The van der Waals surface area contributed by atoms with E-state index in [1.807, 2.05) is 0 Å². The molecule has 1 N–H and O–H groups in total. The third kappa shape index (κ3) is 3.88. The Morgan fingerprint density at radius 1 is 1.21 bits per heavy atom. The van der Waals surface area contributed by atoms with E-state index in [9.17, 15) is 4.79 Å². The van der Waals surface area contributed by atoms with Gasteiger partial charge in [0.25, 0.3) is 0 Å². The van der Waals surface area contributed by atoms with Crippen LogP contribution in [0.1, 0.15) is 46.1 Å². The molecule has 29 heavy (non-hydrogen) atoms. The average Bonchev–Trinajstić information content (AvgIpc) is 2.97. The van der Waals surface area contributed by atoms with Gasteiger partial charge < -0.3 is 5.32 Å². The van der Waals surface area contributed by atoms with Crippen molar-refractivity contribution in [2.75, 3.05) is 19.6 Å². The quantitative estimate of drug-likeness (QED) is 0.727. The molecular weight excluding hydrogens is 358 g/mol. The number of benzene rings is 1. The van der Waals surface area contributed by atoms with Gasteiger partial charge in [0, 0.05) is 43.7 Å². The second kappa shape index (κ2) is 8.22. The number of rotatable bonds is 8. The molecule has 3 heterocycles. The van der Waals surface area contributed by atoms with Crippen molar-refractivity contribution in [3.63, 3.8) is 0 Å². The molecule has 1 saturated heterocycles. The van der Waals surface area contributed by atoms with E-state index in [0.29, 0.717) is 29.7 Å². The first-order chi connectivity index (χ1) is 13.9. The lowest BCUT2D eigenvalue weighted by Gasteiger charge is -2.51. The Kier molecular flexibility index (Phi) is 5.83. The molecule has 4 nitrogen and oxygen atoms in total. The highest BCUT2D eigenvalue weighted by Crippen LogP contribution is 2.53. The van der Waals surface area contributed by atoms with Crippen molar-refractivity contribution in [1.29, 1.82) is 0 Å². The standard InChI is InChI=1S/C25H37N3O/c1-17(2)10-11-26-24(29)25-13-20-16-28(15-18(3)4)23(21(20)14-27-25)22(25)12-19-8-6-5-7-9-19/h5-9,14,17-18,20-23H,10-13,15-16H2,1-4H3,(H,26,29). The van der Waals surface area contributed by atoms with E-state index >= 15 is 0 Å². The maximum Gasteiger partial charge on any atom is 0.248 e. The van der Waals surface area contributed by atoms with E-state index in [0.717, 1.165) is 38.9 Å². The minimum Gasteiger partial charge on any atom is -0.354 e. The van der Waals surface area contributed by atoms with Gasteiger partial charge in [0.05, 0.1) is 0 Å². The number of nitrogens with one attached hydrogen (secondary N) is 1. The van der Waals surface area contributed by atoms with E-state index < -0.39 is 5.54 Å². The SMILES string of the molecule is CC(C)CCNC(=O)C12CC3CN(CC(C)C)C(C3C=N1)C2Cc1ccccc1. The fraction of sp³-hybridized carbons (Fsp3) is 0.680. The number of hydrogen-bond donors (Lipinski definition) is 1. The summed E-state index contributed by atoms with van der Waals surface area (Å²) >= 11 is 0. The molecule has 1 amide bonds. The number of amides is 1. The topological polar surface area (TPSA) is 44.7 Å². The van der Waals surface area contributed by atoms with Gasteiger partial charge in [-0.25, -0.2) is 0 Å². The van der Waals surface area contributed by atoms with E-state index in [1.54, 1.807) is 0 Å². The average molecular weight is 396 g/mol. The fourth-order valence-electron chi connectivity index (χ4n) is 5.97. The molecule has 3 aliphatic heterocycles. The largest absolute Gasteiger partial charge is 0.354 e. The molecule has 0 spiro atoms. The molecule has 158 valence electrons. The summed E-state index contributed by atoms with van der Waals surface area (Å²) in [4.78, 5) is 21.2. The van der Waals surface area contributed by atoms with Crippen LogP contribution in [0, 0.1) is 29.6 Å². The highest BCUT2D eigenvalue weighted by atomic mass is 16.2. The summed E-state index contributed by atoms with van der Waals surface area (Å²) in [5.74, 6) is 2.72. The molecule has 4 heteroatoms. The number of aliphatic imine (C=N–C) groups is 1. The van der Waals surface area contributed by atoms with E-state index in [1.165, 1.54) is 5.56 Å². The van der Waals surface area contributed by atoms with Crippen LogP contribution >= 0.6 is 0 Å². The monoisotopic (exact) mass is 395 g/mol. The van der Waals surface area contributed by atoms with Gasteiger partial charge in [-0.3, -0.25) is 14.7 Å². The Hall–Kier alpha value is -1.68. The molecule has 1 saturated carbocycles. The minimum atomic E-state index is -0.595. The highest BCUT2D eigenvalue weighted by Gasteiger charge is 2.63. The van der Waals surface area contributed by atoms with Gasteiger partial charge in [-0.1, -0.05) is 58.0 Å². The van der Waals surface area contributed by atoms with Gasteiger partial charge in [0.1, 0.15) is 5.54 Å². The summed E-state index contributed by atoms with van der Waals surface area (Å²) in [6.07, 6.45) is 5.01. The summed E-state index contributed by atoms with van der Waals surface area (Å²) in [6, 6.07) is 11.1. The van der Waals surface area contributed by atoms with Crippen molar-refractivity contribution < 1.29 is 4.79 Å². The molecule has 5 unspecified atom stereocenters. The molecule has 1 aromatic rings. The van der Waals surface area contributed by atoms with Gasteiger partial charge >= 0.3 is 0 Å². The van der Waals surface area contributed by atoms with Gasteiger partial charge in [0.2, 0.25) is 5.91 Å². The van der Waals surface area contributed by atoms with Gasteiger partial charge in [-0.15, -0.1) is 0 Å². The molecule has 4 aliphatic rings. The number of carbonyl (C=O) groups is 1. The van der Waals surface area contributed by atoms with E-state index in [4.69, 9.17) is 4.99 Å². The highest BCUT2D eigenvalue weighted by molar-refractivity contribution is 5.91. The molecule has 0 radical (unpaired) electrons. The molecule has 1 aromatic carbocycles. The van der Waals surface area contributed by atoms with Crippen molar-refractivity contribution in [3.8, 4) is 0 Å². The van der Waals surface area contributed by atoms with Gasteiger partial charge in [0.15, 0.2) is 0 Å². The van der Waals surface area contributed by atoms with Crippen LogP contribution in [0.3, 0.4) is 0 Å². The first-order valence-corrected chi connectivity index (χ1v) is 11.5. The normalized spacial score (nSPS) is 33.0. The van der Waals surface area contributed by atoms with Crippen molar-refractivity contribution in [3.05, 3.63) is 35.9 Å². The summed E-state index contributed by atoms with van der Waals surface area (Å²) in [5.41, 5.74) is 0.727. The third-order valence-corrected chi connectivity index (χ3v) is 7.20. The number of likely N-dealkylation sites (tertiary alicyclic amines) is 1. The zero-order valence-electron chi connectivity index (χ0n) is 18.5. The van der Waals surface area contributed by atoms with Crippen molar-refractivity contribution >= 4 is 12.1 Å². The number of nitrogens with zero attached hydrogens (tertiary/aromatic N) is 2. The molecule has 5 atom stereocenters. The van der Waals surface area contributed by atoms with Crippen LogP contribution in [0.25, 0.3) is 0 Å². The van der Waals surface area contributed by atoms with Crippen LogP contribution in [0.4, 0.5) is 0 Å². The predicted octanol–water partition coefficient (Wildman–Crippen LogP) is 3.81. The Morgan fingerprint density at radius 3 is 2.66 bits per heavy atom. The van der Waals surface area contributed by atoms with Crippen LogP contribution in [-0.2, 0) is 11.2 Å². The molecule has 4 bridgehead atoms. The number of hydrogen-bond acceptors (Lipinski definition) is 3. The van der Waals surface area contributed by atoms with Crippen LogP contribution in [0.5, 0.6) is 0 Å². The molecule has 0 aromatic heterocycles. The second-order valence-electron chi connectivity index (χ2n) is 10.3. The summed E-state index contributed by atoms with van der Waals surface area (Å²) in [6.45, 7) is 12.0. The zero-order valence-corrected chi connectivity index (χ0v) is 18.5. The van der Waals surface area contributed by atoms with E-state index in [-0.39, 0.29) is 11.8 Å². The van der Waals surface area contributed by atoms with Crippen molar-refractivity contribution in [2.24, 2.45) is 34.6 Å². The van der Waals surface area contributed by atoms with Crippen molar-refractivity contribution in [1.82, 2.24) is 10.2 Å². The maximum absolute atomic E-state index is 13.6. The predicted molar refractivity (Wildman–Crippen MR) is 119 cm³/mol. The Labute approximate surface area is 176 Å². The maximum atomic E-state index is 13.6. The summed E-state index contributed by atoms with van der Waals surface area (Å²) in [7, 11) is 0. The number of carbonyl (C=O) groups excluding carboxylic acids is 1. The fourth-order valence-corrected chi connectivity index (χ4v) is 5.97. The summed E-state index contributed by atoms with van der Waals surface area (Å²) in [5, 5.41) is 3.27. The molecule has 2 fully saturated rings. The van der Waals surface area contributed by atoms with Gasteiger partial charge in [-0.2, -0.15) is 0 Å². The molecule has 5 rings (SSSR count). The lowest BCUT2D eigenvalue weighted by molar-refractivity contribution is -0.131. The third-order valence-electron chi connectivity index (χ3n) is 7.20.